The van der Waals surface area contributed by atoms with E-state index < -0.39 is 44.8 Å². The van der Waals surface area contributed by atoms with Gasteiger partial charge in [0.15, 0.2) is 9.84 Å². The van der Waals surface area contributed by atoms with Gasteiger partial charge in [0.05, 0.1) is 11.4 Å². The molecule has 3 aromatic rings. The van der Waals surface area contributed by atoms with E-state index in [2.05, 4.69) is 9.84 Å². The minimum atomic E-state index is -4.91. The maximum absolute atomic E-state index is 14.3. The van der Waals surface area contributed by atoms with Crippen molar-refractivity contribution in [3.63, 3.8) is 0 Å². The number of hydrogen-bond acceptors (Lipinski definition) is 4. The smallest absolute Gasteiger partial charge is 0.406 e. The van der Waals surface area contributed by atoms with E-state index >= 15 is 0 Å². The molecule has 0 aliphatic heterocycles. The van der Waals surface area contributed by atoms with Gasteiger partial charge < -0.3 is 4.74 Å². The number of benzene rings is 2. The number of aryl methyl sites for hydroxylation is 1. The average molecular weight is 464 g/mol. The number of hydrogen-bond donors (Lipinski definition) is 0. The molecule has 12 heteroatoms. The molecule has 0 aliphatic carbocycles. The van der Waals surface area contributed by atoms with Gasteiger partial charge in [-0.2, -0.15) is 5.10 Å². The van der Waals surface area contributed by atoms with Crippen LogP contribution in [0.4, 0.5) is 26.3 Å². The normalized spacial score (nSPS) is 12.4. The zero-order valence-electron chi connectivity index (χ0n) is 15.9. The van der Waals surface area contributed by atoms with E-state index in [9.17, 15) is 34.8 Å². The van der Waals surface area contributed by atoms with E-state index in [-0.39, 0.29) is 22.5 Å². The molecular formula is C19H14F6N2O3S. The Morgan fingerprint density at radius 1 is 1.06 bits per heavy atom. The number of ether oxygens (including phenoxy) is 1. The first-order valence-corrected chi connectivity index (χ1v) is 10.4. The van der Waals surface area contributed by atoms with Crippen LogP contribution in [0.5, 0.6) is 5.75 Å². The molecule has 0 aliphatic rings. The molecule has 1 heterocycles. The molecule has 3 rings (SSSR count). The van der Waals surface area contributed by atoms with E-state index in [0.29, 0.717) is 0 Å². The average Bonchev–Trinajstić information content (AvgIpc) is 3.07. The summed E-state index contributed by atoms with van der Waals surface area (Å²) in [6.07, 6.45) is -7.07. The topological polar surface area (TPSA) is 61.2 Å². The second kappa shape index (κ2) is 7.91. The van der Waals surface area contributed by atoms with Gasteiger partial charge in [0.25, 0.3) is 6.43 Å². The number of nitrogens with zero attached hydrogens (tertiary/aromatic N) is 2. The summed E-state index contributed by atoms with van der Waals surface area (Å²) in [7, 11) is -3.85. The Morgan fingerprint density at radius 3 is 2.26 bits per heavy atom. The third-order valence-electron chi connectivity index (χ3n) is 4.21. The lowest BCUT2D eigenvalue weighted by atomic mass is 10.1. The Labute approximate surface area is 172 Å². The Morgan fingerprint density at radius 2 is 1.74 bits per heavy atom. The molecule has 0 saturated carbocycles. The summed E-state index contributed by atoms with van der Waals surface area (Å²) in [4.78, 5) is -0.569. The van der Waals surface area contributed by atoms with Crippen LogP contribution in [0.15, 0.2) is 47.4 Å². The van der Waals surface area contributed by atoms with Crippen molar-refractivity contribution in [3.05, 3.63) is 59.5 Å². The monoisotopic (exact) mass is 464 g/mol. The lowest BCUT2D eigenvalue weighted by Crippen LogP contribution is -2.17. The highest BCUT2D eigenvalue weighted by atomic mass is 32.2. The molecule has 31 heavy (non-hydrogen) atoms. The Hall–Kier alpha value is -3.02. The number of sulfone groups is 1. The van der Waals surface area contributed by atoms with Crippen molar-refractivity contribution in [2.75, 3.05) is 6.26 Å². The van der Waals surface area contributed by atoms with E-state index in [4.69, 9.17) is 0 Å². The van der Waals surface area contributed by atoms with Gasteiger partial charge in [-0.25, -0.2) is 26.3 Å². The molecule has 5 nitrogen and oxygen atoms in total. The van der Waals surface area contributed by atoms with E-state index in [1.807, 2.05) is 0 Å². The Kier molecular flexibility index (Phi) is 5.78. The highest BCUT2D eigenvalue weighted by molar-refractivity contribution is 7.90. The quantitative estimate of drug-likeness (QED) is 0.486. The summed E-state index contributed by atoms with van der Waals surface area (Å²) < 4.78 is 106. The summed E-state index contributed by atoms with van der Waals surface area (Å²) in [5.41, 5.74) is -0.471. The van der Waals surface area contributed by atoms with Gasteiger partial charge in [-0.1, -0.05) is 6.07 Å². The number of aromatic nitrogens is 2. The molecule has 0 amide bonds. The summed E-state index contributed by atoms with van der Waals surface area (Å²) in [6.45, 7) is 1.32. The molecule has 0 atom stereocenters. The SMILES string of the molecule is Cc1cc(-n2nc(C(F)F)cc2-c2ccc(S(C)(=O)=O)c(F)c2)ccc1OC(F)(F)F. The highest BCUT2D eigenvalue weighted by Crippen LogP contribution is 2.32. The summed E-state index contributed by atoms with van der Waals surface area (Å²) in [5.74, 6) is -1.57. The van der Waals surface area contributed by atoms with Crippen molar-refractivity contribution in [3.8, 4) is 22.7 Å². The van der Waals surface area contributed by atoms with Gasteiger partial charge in [0, 0.05) is 11.8 Å². The molecule has 2 aromatic carbocycles. The fourth-order valence-electron chi connectivity index (χ4n) is 2.87. The van der Waals surface area contributed by atoms with Gasteiger partial charge in [-0.15, -0.1) is 13.2 Å². The first-order valence-electron chi connectivity index (χ1n) is 8.51. The van der Waals surface area contributed by atoms with Crippen LogP contribution in [-0.2, 0) is 9.84 Å². The predicted molar refractivity (Wildman–Crippen MR) is 98.4 cm³/mol. The van der Waals surface area contributed by atoms with Crippen LogP contribution >= 0.6 is 0 Å². The third kappa shape index (κ3) is 5.01. The van der Waals surface area contributed by atoms with E-state index in [1.165, 1.54) is 25.1 Å². The van der Waals surface area contributed by atoms with Crippen molar-refractivity contribution in [1.82, 2.24) is 9.78 Å². The zero-order valence-corrected chi connectivity index (χ0v) is 16.7. The largest absolute Gasteiger partial charge is 0.573 e. The van der Waals surface area contributed by atoms with Crippen LogP contribution in [0, 0.1) is 12.7 Å². The first kappa shape index (κ1) is 22.7. The van der Waals surface area contributed by atoms with Crippen LogP contribution in [0.25, 0.3) is 16.9 Å². The number of rotatable bonds is 5. The van der Waals surface area contributed by atoms with Crippen LogP contribution in [-0.4, -0.2) is 30.8 Å². The Balaban J connectivity index is 2.13. The minimum absolute atomic E-state index is 0.0156. The number of halogens is 6. The highest BCUT2D eigenvalue weighted by Gasteiger charge is 2.32. The maximum Gasteiger partial charge on any atom is 0.573 e. The van der Waals surface area contributed by atoms with Crippen LogP contribution in [0.2, 0.25) is 0 Å². The summed E-state index contributed by atoms with van der Waals surface area (Å²) in [6, 6.07) is 7.44. The molecule has 0 bridgehead atoms. The summed E-state index contributed by atoms with van der Waals surface area (Å²) >= 11 is 0. The second-order valence-electron chi connectivity index (χ2n) is 6.58. The summed E-state index contributed by atoms with van der Waals surface area (Å²) in [5, 5.41) is 3.77. The van der Waals surface area contributed by atoms with E-state index in [0.717, 1.165) is 35.2 Å². The third-order valence-corrected chi connectivity index (χ3v) is 5.34. The van der Waals surface area contributed by atoms with Crippen molar-refractivity contribution < 1.29 is 39.5 Å². The molecule has 0 N–H and O–H groups in total. The molecular weight excluding hydrogens is 450 g/mol. The van der Waals surface area contributed by atoms with Gasteiger partial charge >= 0.3 is 6.36 Å². The molecule has 166 valence electrons. The van der Waals surface area contributed by atoms with Crippen molar-refractivity contribution >= 4 is 9.84 Å². The second-order valence-corrected chi connectivity index (χ2v) is 8.57. The Bertz CT molecular complexity index is 1240. The first-order chi connectivity index (χ1) is 14.3. The number of alkyl halides is 5. The predicted octanol–water partition coefficient (Wildman–Crippen LogP) is 5.23. The molecule has 0 unspecified atom stereocenters. The fraction of sp³-hybridized carbons (Fsp3) is 0.211. The molecule has 0 spiro atoms. The zero-order chi connectivity index (χ0) is 23.1. The standard InChI is InChI=1S/C19H14F6N2O3S/c1-10-7-12(4-5-16(10)30-19(23,24)25)27-15(9-14(26-27)18(21)22)11-3-6-17(13(20)8-11)31(2,28)29/h3-9,18H,1-2H3. The van der Waals surface area contributed by atoms with E-state index in [1.54, 1.807) is 0 Å². The van der Waals surface area contributed by atoms with Gasteiger partial charge in [0.1, 0.15) is 22.2 Å². The van der Waals surface area contributed by atoms with Gasteiger partial charge in [-0.05, 0) is 48.9 Å². The van der Waals surface area contributed by atoms with Crippen LogP contribution < -0.4 is 4.74 Å². The van der Waals surface area contributed by atoms with Crippen molar-refractivity contribution in [2.45, 2.75) is 24.6 Å². The lowest BCUT2D eigenvalue weighted by molar-refractivity contribution is -0.274. The van der Waals surface area contributed by atoms with Crippen molar-refractivity contribution in [2.24, 2.45) is 0 Å². The lowest BCUT2D eigenvalue weighted by Gasteiger charge is -2.14. The van der Waals surface area contributed by atoms with Crippen LogP contribution in [0.1, 0.15) is 17.7 Å². The van der Waals surface area contributed by atoms with Gasteiger partial charge in [-0.3, -0.25) is 0 Å². The molecule has 1 aromatic heterocycles. The molecule has 0 radical (unpaired) electrons. The van der Waals surface area contributed by atoms with Gasteiger partial charge in [0.2, 0.25) is 0 Å². The van der Waals surface area contributed by atoms with Crippen molar-refractivity contribution in [1.29, 1.82) is 0 Å². The minimum Gasteiger partial charge on any atom is -0.406 e. The molecule has 0 fully saturated rings. The maximum atomic E-state index is 14.3. The fourth-order valence-corrected chi connectivity index (χ4v) is 3.60. The van der Waals surface area contributed by atoms with Crippen LogP contribution in [0.3, 0.4) is 0 Å². The molecule has 0 saturated heterocycles.